The van der Waals surface area contributed by atoms with Crippen LogP contribution in [-0.2, 0) is 14.4 Å². The third kappa shape index (κ3) is 5.09. The van der Waals surface area contributed by atoms with Crippen molar-refractivity contribution in [1.82, 2.24) is 10.2 Å². The number of nitrogens with one attached hydrogen (secondary N) is 2. The quantitative estimate of drug-likeness (QED) is 0.785. The first-order chi connectivity index (χ1) is 11.8. The summed E-state index contributed by atoms with van der Waals surface area (Å²) in [5.41, 5.74) is 0.286. The van der Waals surface area contributed by atoms with Crippen LogP contribution in [0.2, 0.25) is 10.0 Å². The Morgan fingerprint density at radius 1 is 1.24 bits per heavy atom. The molecule has 0 aliphatic carbocycles. The topological polar surface area (TPSA) is 78.5 Å². The Balaban J connectivity index is 1.98. The third-order valence-electron chi connectivity index (χ3n) is 3.97. The van der Waals surface area contributed by atoms with Crippen LogP contribution in [0.25, 0.3) is 0 Å². The first-order valence-electron chi connectivity index (χ1n) is 8.14. The highest BCUT2D eigenvalue weighted by Gasteiger charge is 2.29. The summed E-state index contributed by atoms with van der Waals surface area (Å²) in [5.74, 6) is -1.62. The van der Waals surface area contributed by atoms with Crippen LogP contribution in [0.3, 0.4) is 0 Å². The normalized spacial score (nSPS) is 17.3. The summed E-state index contributed by atoms with van der Waals surface area (Å²) in [7, 11) is 0. The second-order valence-corrected chi connectivity index (χ2v) is 7.09. The van der Waals surface area contributed by atoms with Gasteiger partial charge in [0.25, 0.3) is 0 Å². The van der Waals surface area contributed by atoms with Gasteiger partial charge in [-0.1, -0.05) is 43.1 Å². The molecule has 0 bridgehead atoms. The van der Waals surface area contributed by atoms with Gasteiger partial charge in [0.15, 0.2) is 0 Å². The van der Waals surface area contributed by atoms with Crippen LogP contribution in [0.15, 0.2) is 18.2 Å². The number of nitrogens with zero attached hydrogens (tertiary/aromatic N) is 1. The van der Waals surface area contributed by atoms with Gasteiger partial charge >= 0.3 is 11.8 Å². The van der Waals surface area contributed by atoms with Gasteiger partial charge in [-0.15, -0.1) is 0 Å². The monoisotopic (exact) mass is 385 g/mol. The van der Waals surface area contributed by atoms with Crippen molar-refractivity contribution in [2.75, 3.05) is 18.4 Å². The lowest BCUT2D eigenvalue weighted by molar-refractivity contribution is -0.144. The molecule has 25 heavy (non-hydrogen) atoms. The van der Waals surface area contributed by atoms with Gasteiger partial charge in [-0.25, -0.2) is 0 Å². The maximum atomic E-state index is 12.4. The second kappa shape index (κ2) is 8.54. The molecule has 1 unspecified atom stereocenters. The largest absolute Gasteiger partial charge is 0.351 e. The fourth-order valence-corrected chi connectivity index (χ4v) is 2.91. The van der Waals surface area contributed by atoms with Gasteiger partial charge in [0.1, 0.15) is 0 Å². The van der Waals surface area contributed by atoms with Crippen LogP contribution in [-0.4, -0.2) is 41.8 Å². The number of amides is 3. The molecule has 1 saturated heterocycles. The maximum Gasteiger partial charge on any atom is 0.313 e. The summed E-state index contributed by atoms with van der Waals surface area (Å²) >= 11 is 11.9. The molecular weight excluding hydrogens is 365 g/mol. The minimum atomic E-state index is -0.778. The smallest absolute Gasteiger partial charge is 0.313 e. The van der Waals surface area contributed by atoms with Crippen molar-refractivity contribution in [3.63, 3.8) is 0 Å². The fourth-order valence-electron chi connectivity index (χ4n) is 2.57. The minimum Gasteiger partial charge on any atom is -0.351 e. The zero-order valence-electron chi connectivity index (χ0n) is 14.1. The first kappa shape index (κ1) is 19.5. The highest BCUT2D eigenvalue weighted by atomic mass is 35.5. The number of rotatable bonds is 3. The zero-order valence-corrected chi connectivity index (χ0v) is 15.7. The van der Waals surface area contributed by atoms with Gasteiger partial charge in [-0.3, -0.25) is 14.4 Å². The summed E-state index contributed by atoms with van der Waals surface area (Å²) in [5, 5.41) is 5.87. The van der Waals surface area contributed by atoms with Crippen LogP contribution < -0.4 is 10.6 Å². The van der Waals surface area contributed by atoms with Crippen molar-refractivity contribution in [2.24, 2.45) is 5.92 Å². The standard InChI is InChI=1S/C17H21Cl2N3O3/c1-10(2)15(23)20-11-5-4-8-22(9-11)17(25)16(24)21-13-7-3-6-12(18)14(13)19/h3,6-7,10-11H,4-5,8-9H2,1-2H3,(H,20,23)(H,21,24). The van der Waals surface area contributed by atoms with E-state index in [-0.39, 0.29) is 28.6 Å². The van der Waals surface area contributed by atoms with E-state index in [2.05, 4.69) is 10.6 Å². The molecule has 1 atom stereocenters. The number of piperidine rings is 1. The van der Waals surface area contributed by atoms with E-state index in [4.69, 9.17) is 23.2 Å². The van der Waals surface area contributed by atoms with Crippen molar-refractivity contribution < 1.29 is 14.4 Å². The summed E-state index contributed by atoms with van der Waals surface area (Å²) in [6, 6.07) is 4.65. The minimum absolute atomic E-state index is 0.0607. The Labute approximate surface area is 156 Å². The molecule has 0 spiro atoms. The zero-order chi connectivity index (χ0) is 18.6. The van der Waals surface area contributed by atoms with Gasteiger partial charge in [-0.2, -0.15) is 0 Å². The molecule has 8 heteroatoms. The fraction of sp³-hybridized carbons (Fsp3) is 0.471. The molecule has 1 heterocycles. The van der Waals surface area contributed by atoms with Gasteiger partial charge in [0, 0.05) is 25.0 Å². The van der Waals surface area contributed by atoms with Crippen molar-refractivity contribution in [1.29, 1.82) is 0 Å². The number of hydrogen-bond donors (Lipinski definition) is 2. The molecule has 1 aliphatic rings. The van der Waals surface area contributed by atoms with Crippen LogP contribution in [0.1, 0.15) is 26.7 Å². The highest BCUT2D eigenvalue weighted by Crippen LogP contribution is 2.29. The van der Waals surface area contributed by atoms with Gasteiger partial charge < -0.3 is 15.5 Å². The molecule has 0 saturated carbocycles. The predicted molar refractivity (Wildman–Crippen MR) is 97.7 cm³/mol. The number of anilines is 1. The van der Waals surface area contributed by atoms with Crippen molar-refractivity contribution in [3.8, 4) is 0 Å². The van der Waals surface area contributed by atoms with E-state index in [1.165, 1.54) is 4.90 Å². The van der Waals surface area contributed by atoms with Crippen LogP contribution >= 0.6 is 23.2 Å². The summed E-state index contributed by atoms with van der Waals surface area (Å²) in [6.07, 6.45) is 1.50. The summed E-state index contributed by atoms with van der Waals surface area (Å²) < 4.78 is 0. The molecular formula is C17H21Cl2N3O3. The predicted octanol–water partition coefficient (Wildman–Crippen LogP) is 2.70. The Morgan fingerprint density at radius 3 is 2.64 bits per heavy atom. The number of benzene rings is 1. The molecule has 1 aromatic rings. The van der Waals surface area contributed by atoms with Crippen LogP contribution in [0.4, 0.5) is 5.69 Å². The number of halogens is 2. The summed E-state index contributed by atoms with van der Waals surface area (Å²) in [4.78, 5) is 37.9. The molecule has 0 aromatic heterocycles. The first-order valence-corrected chi connectivity index (χ1v) is 8.89. The Morgan fingerprint density at radius 2 is 1.96 bits per heavy atom. The molecule has 3 amide bonds. The lowest BCUT2D eigenvalue weighted by Crippen LogP contribution is -2.52. The van der Waals surface area contributed by atoms with Crippen LogP contribution in [0, 0.1) is 5.92 Å². The average molecular weight is 386 g/mol. The van der Waals surface area contributed by atoms with E-state index in [0.717, 1.165) is 12.8 Å². The number of carbonyl (C=O) groups excluding carboxylic acids is 3. The van der Waals surface area contributed by atoms with E-state index >= 15 is 0 Å². The number of likely N-dealkylation sites (tertiary alicyclic amines) is 1. The Kier molecular flexibility index (Phi) is 6.67. The second-order valence-electron chi connectivity index (χ2n) is 6.31. The molecule has 2 N–H and O–H groups in total. The maximum absolute atomic E-state index is 12.4. The molecule has 6 nitrogen and oxygen atoms in total. The van der Waals surface area contributed by atoms with Gasteiger partial charge in [0.05, 0.1) is 15.7 Å². The molecule has 1 aliphatic heterocycles. The van der Waals surface area contributed by atoms with E-state index in [1.54, 1.807) is 18.2 Å². The molecule has 0 radical (unpaired) electrons. The Hall–Kier alpha value is -1.79. The SMILES string of the molecule is CC(C)C(=O)NC1CCCN(C(=O)C(=O)Nc2cccc(Cl)c2Cl)C1. The molecule has 1 fully saturated rings. The molecule has 2 rings (SSSR count). The van der Waals surface area contributed by atoms with E-state index in [9.17, 15) is 14.4 Å². The molecule has 136 valence electrons. The van der Waals surface area contributed by atoms with E-state index in [0.29, 0.717) is 18.1 Å². The Bertz CT molecular complexity index is 679. The summed E-state index contributed by atoms with van der Waals surface area (Å²) in [6.45, 7) is 4.41. The lowest BCUT2D eigenvalue weighted by Gasteiger charge is -2.33. The average Bonchev–Trinajstić information content (AvgIpc) is 2.58. The van der Waals surface area contributed by atoms with Gasteiger partial charge in [0.2, 0.25) is 5.91 Å². The molecule has 1 aromatic carbocycles. The van der Waals surface area contributed by atoms with Crippen molar-refractivity contribution >= 4 is 46.6 Å². The van der Waals surface area contributed by atoms with Crippen LogP contribution in [0.5, 0.6) is 0 Å². The highest BCUT2D eigenvalue weighted by molar-refractivity contribution is 6.45. The number of carbonyl (C=O) groups is 3. The van der Waals surface area contributed by atoms with E-state index < -0.39 is 11.8 Å². The van der Waals surface area contributed by atoms with Crippen molar-refractivity contribution in [2.45, 2.75) is 32.7 Å². The number of hydrogen-bond acceptors (Lipinski definition) is 3. The lowest BCUT2D eigenvalue weighted by atomic mass is 10.0. The van der Waals surface area contributed by atoms with E-state index in [1.807, 2.05) is 13.8 Å². The third-order valence-corrected chi connectivity index (χ3v) is 4.79. The van der Waals surface area contributed by atoms with Gasteiger partial charge in [-0.05, 0) is 25.0 Å². The van der Waals surface area contributed by atoms with Crippen molar-refractivity contribution in [3.05, 3.63) is 28.2 Å².